The second kappa shape index (κ2) is 7.41. The first kappa shape index (κ1) is 17.0. The summed E-state index contributed by atoms with van der Waals surface area (Å²) in [7, 11) is 0. The Morgan fingerprint density at radius 2 is 1.89 bits per heavy atom. The van der Waals surface area contributed by atoms with Crippen molar-refractivity contribution in [3.63, 3.8) is 0 Å². The maximum absolute atomic E-state index is 12.2. The standard InChI is InChI=1S/C16H12BrN9O/c17-12-6-2-3-7-13(12)19-15(27)9-26-21-16(20-23-26)11-5-1-4-8-14(11)25-10-18-22-24-25/h1-8,10H,9H2,(H,19,27). The van der Waals surface area contributed by atoms with E-state index in [1.165, 1.54) is 15.8 Å². The fraction of sp³-hybridized carbons (Fsp3) is 0.0625. The molecule has 2 aromatic carbocycles. The number of carbonyl (C=O) groups excluding carboxylic acids is 1. The normalized spacial score (nSPS) is 10.7. The van der Waals surface area contributed by atoms with Crippen molar-refractivity contribution in [3.8, 4) is 17.1 Å². The van der Waals surface area contributed by atoms with Crippen LogP contribution in [0.15, 0.2) is 59.3 Å². The van der Waals surface area contributed by atoms with Gasteiger partial charge in [0, 0.05) is 10.0 Å². The molecule has 2 heterocycles. The highest BCUT2D eigenvalue weighted by atomic mass is 79.9. The lowest BCUT2D eigenvalue weighted by Gasteiger charge is -2.06. The van der Waals surface area contributed by atoms with Gasteiger partial charge in [-0.3, -0.25) is 4.79 Å². The Bertz CT molecular complexity index is 1080. The van der Waals surface area contributed by atoms with Crippen molar-refractivity contribution in [2.75, 3.05) is 5.32 Å². The summed E-state index contributed by atoms with van der Waals surface area (Å²) < 4.78 is 2.30. The van der Waals surface area contributed by atoms with Crippen LogP contribution in [0.3, 0.4) is 0 Å². The van der Waals surface area contributed by atoms with Crippen molar-refractivity contribution in [1.82, 2.24) is 40.4 Å². The second-order valence-electron chi connectivity index (χ2n) is 5.44. The van der Waals surface area contributed by atoms with Gasteiger partial charge in [0.25, 0.3) is 0 Å². The predicted molar refractivity (Wildman–Crippen MR) is 98.7 cm³/mol. The summed E-state index contributed by atoms with van der Waals surface area (Å²) in [5, 5.41) is 26.3. The van der Waals surface area contributed by atoms with Crippen LogP contribution in [-0.4, -0.2) is 46.3 Å². The summed E-state index contributed by atoms with van der Waals surface area (Å²) in [6, 6.07) is 14.7. The van der Waals surface area contributed by atoms with Gasteiger partial charge in [-0.15, -0.1) is 15.3 Å². The van der Waals surface area contributed by atoms with Gasteiger partial charge < -0.3 is 5.32 Å². The maximum Gasteiger partial charge on any atom is 0.248 e. The molecule has 0 fully saturated rings. The topological polar surface area (TPSA) is 116 Å². The number of rotatable bonds is 5. The minimum atomic E-state index is -0.264. The molecule has 1 amide bonds. The van der Waals surface area contributed by atoms with Crippen molar-refractivity contribution in [2.24, 2.45) is 0 Å². The molecule has 0 atom stereocenters. The van der Waals surface area contributed by atoms with Crippen molar-refractivity contribution in [2.45, 2.75) is 6.54 Å². The molecule has 0 radical (unpaired) electrons. The molecule has 1 N–H and O–H groups in total. The average molecular weight is 426 g/mol. The average Bonchev–Trinajstić information content (AvgIpc) is 3.36. The lowest BCUT2D eigenvalue weighted by Crippen LogP contribution is -2.20. The summed E-state index contributed by atoms with van der Waals surface area (Å²) in [5.41, 5.74) is 2.08. The van der Waals surface area contributed by atoms with Gasteiger partial charge in [-0.1, -0.05) is 24.3 Å². The monoisotopic (exact) mass is 425 g/mol. The van der Waals surface area contributed by atoms with E-state index < -0.39 is 0 Å². The quantitative estimate of drug-likeness (QED) is 0.517. The number of hydrogen-bond acceptors (Lipinski definition) is 7. The molecule has 0 saturated heterocycles. The molecule has 4 rings (SSSR count). The molecule has 134 valence electrons. The summed E-state index contributed by atoms with van der Waals surface area (Å²) in [4.78, 5) is 13.5. The third kappa shape index (κ3) is 3.72. The number of nitrogens with one attached hydrogen (secondary N) is 1. The van der Waals surface area contributed by atoms with Gasteiger partial charge in [-0.2, -0.15) is 9.48 Å². The third-order valence-corrected chi connectivity index (χ3v) is 4.32. The van der Waals surface area contributed by atoms with Crippen LogP contribution in [0.1, 0.15) is 0 Å². The van der Waals surface area contributed by atoms with E-state index in [4.69, 9.17) is 0 Å². The molecule has 4 aromatic rings. The van der Waals surface area contributed by atoms with Crippen molar-refractivity contribution < 1.29 is 4.79 Å². The van der Waals surface area contributed by atoms with E-state index in [2.05, 4.69) is 52.2 Å². The molecule has 11 heteroatoms. The number of carbonyl (C=O) groups is 1. The largest absolute Gasteiger partial charge is 0.323 e. The Morgan fingerprint density at radius 1 is 1.07 bits per heavy atom. The van der Waals surface area contributed by atoms with Gasteiger partial charge >= 0.3 is 0 Å². The number of amides is 1. The third-order valence-electron chi connectivity index (χ3n) is 3.63. The van der Waals surface area contributed by atoms with Gasteiger partial charge in [-0.05, 0) is 55.8 Å². The smallest absolute Gasteiger partial charge is 0.248 e. The highest BCUT2D eigenvalue weighted by molar-refractivity contribution is 9.10. The lowest BCUT2D eigenvalue weighted by molar-refractivity contribution is -0.117. The summed E-state index contributed by atoms with van der Waals surface area (Å²) >= 11 is 3.39. The molecule has 2 aromatic heterocycles. The van der Waals surface area contributed by atoms with Crippen LogP contribution < -0.4 is 5.32 Å². The van der Waals surface area contributed by atoms with Crippen LogP contribution in [-0.2, 0) is 11.3 Å². The molecule has 0 unspecified atom stereocenters. The molecule has 0 aliphatic rings. The van der Waals surface area contributed by atoms with E-state index >= 15 is 0 Å². The first-order valence-electron chi connectivity index (χ1n) is 7.85. The SMILES string of the molecule is O=C(Cn1nnc(-c2ccccc2-n2cnnn2)n1)Nc1ccccc1Br. The molecule has 0 aliphatic heterocycles. The van der Waals surface area contributed by atoms with Crippen LogP contribution in [0.4, 0.5) is 5.69 Å². The molecular formula is C16H12BrN9O. The number of benzene rings is 2. The van der Waals surface area contributed by atoms with Crippen molar-refractivity contribution in [3.05, 3.63) is 59.3 Å². The molecule has 0 aliphatic carbocycles. The molecular weight excluding hydrogens is 414 g/mol. The van der Waals surface area contributed by atoms with Crippen molar-refractivity contribution in [1.29, 1.82) is 0 Å². The number of anilines is 1. The Balaban J connectivity index is 1.53. The van der Waals surface area contributed by atoms with E-state index in [0.717, 1.165) is 4.47 Å². The number of halogens is 1. The first-order valence-corrected chi connectivity index (χ1v) is 8.65. The maximum atomic E-state index is 12.2. The Kier molecular flexibility index (Phi) is 4.66. The van der Waals surface area contributed by atoms with Crippen LogP contribution in [0.25, 0.3) is 17.1 Å². The zero-order chi connectivity index (χ0) is 18.6. The minimum Gasteiger partial charge on any atom is -0.323 e. The molecule has 0 spiro atoms. The predicted octanol–water partition coefficient (Wildman–Crippen LogP) is 1.72. The number of nitrogens with zero attached hydrogens (tertiary/aromatic N) is 8. The van der Waals surface area contributed by atoms with Gasteiger partial charge in [0.2, 0.25) is 11.7 Å². The van der Waals surface area contributed by atoms with Crippen molar-refractivity contribution >= 4 is 27.5 Å². The number of para-hydroxylation sites is 2. The zero-order valence-corrected chi connectivity index (χ0v) is 15.4. The van der Waals surface area contributed by atoms with Gasteiger partial charge in [0.1, 0.15) is 12.9 Å². The van der Waals surface area contributed by atoms with E-state index in [9.17, 15) is 4.79 Å². The number of aromatic nitrogens is 8. The Labute approximate surface area is 161 Å². The zero-order valence-electron chi connectivity index (χ0n) is 13.8. The first-order chi connectivity index (χ1) is 13.2. The second-order valence-corrected chi connectivity index (χ2v) is 6.30. The summed E-state index contributed by atoms with van der Waals surface area (Å²) in [6.45, 7) is -0.0681. The van der Waals surface area contributed by atoms with Crippen LogP contribution in [0.2, 0.25) is 0 Å². The van der Waals surface area contributed by atoms with E-state index in [1.54, 1.807) is 6.07 Å². The van der Waals surface area contributed by atoms with Crippen LogP contribution in [0, 0.1) is 0 Å². The molecule has 10 nitrogen and oxygen atoms in total. The van der Waals surface area contributed by atoms with Crippen LogP contribution in [0.5, 0.6) is 0 Å². The van der Waals surface area contributed by atoms with Gasteiger partial charge in [0.05, 0.1) is 11.4 Å². The summed E-state index contributed by atoms with van der Waals surface area (Å²) in [5.74, 6) is 0.106. The van der Waals surface area contributed by atoms with Gasteiger partial charge in [0.15, 0.2) is 0 Å². The lowest BCUT2D eigenvalue weighted by atomic mass is 10.1. The molecule has 27 heavy (non-hydrogen) atoms. The number of tetrazole rings is 2. The Morgan fingerprint density at radius 3 is 2.70 bits per heavy atom. The fourth-order valence-corrected chi connectivity index (χ4v) is 2.82. The Hall–Kier alpha value is -3.47. The van der Waals surface area contributed by atoms with Crippen LogP contribution >= 0.6 is 15.9 Å². The number of hydrogen-bond donors (Lipinski definition) is 1. The van der Waals surface area contributed by atoms with E-state index in [1.807, 2.05) is 42.5 Å². The fourth-order valence-electron chi connectivity index (χ4n) is 2.43. The van der Waals surface area contributed by atoms with Gasteiger partial charge in [-0.25, -0.2) is 0 Å². The highest BCUT2D eigenvalue weighted by Crippen LogP contribution is 2.22. The minimum absolute atomic E-state index is 0.0681. The highest BCUT2D eigenvalue weighted by Gasteiger charge is 2.14. The molecule has 0 saturated carbocycles. The van der Waals surface area contributed by atoms with E-state index in [0.29, 0.717) is 22.8 Å². The molecule has 0 bridgehead atoms. The van der Waals surface area contributed by atoms with E-state index in [-0.39, 0.29) is 12.5 Å². The summed E-state index contributed by atoms with van der Waals surface area (Å²) in [6.07, 6.45) is 1.48.